The summed E-state index contributed by atoms with van der Waals surface area (Å²) in [5.74, 6) is 0.0134. The molecular formula is C20H17BrCl2N2OS. The summed E-state index contributed by atoms with van der Waals surface area (Å²) in [7, 11) is 0. The number of piperazine rings is 1. The predicted octanol–water partition coefficient (Wildman–Crippen LogP) is 5.93. The summed E-state index contributed by atoms with van der Waals surface area (Å²) < 4.78 is 2.04. The second-order valence-corrected chi connectivity index (χ2v) is 9.37. The summed E-state index contributed by atoms with van der Waals surface area (Å²) >= 11 is 17.5. The van der Waals surface area contributed by atoms with Crippen molar-refractivity contribution in [2.24, 2.45) is 0 Å². The lowest BCUT2D eigenvalue weighted by molar-refractivity contribution is 0.0633. The summed E-state index contributed by atoms with van der Waals surface area (Å²) in [6.45, 7) is 4.01. The van der Waals surface area contributed by atoms with E-state index in [9.17, 15) is 4.79 Å². The van der Waals surface area contributed by atoms with Crippen molar-refractivity contribution >= 4 is 66.5 Å². The molecule has 3 nitrogen and oxygen atoms in total. The highest BCUT2D eigenvalue weighted by atomic mass is 79.9. The smallest absolute Gasteiger partial charge is 0.265 e. The summed E-state index contributed by atoms with van der Waals surface area (Å²) in [5.41, 5.74) is 1.27. The topological polar surface area (TPSA) is 23.6 Å². The molecule has 0 unspecified atom stereocenters. The number of hydrogen-bond donors (Lipinski definition) is 0. The molecule has 0 spiro atoms. The number of nitrogens with zero attached hydrogens (tertiary/aromatic N) is 2. The maximum absolute atomic E-state index is 13.0. The lowest BCUT2D eigenvalue weighted by Crippen LogP contribution is -2.48. The zero-order chi connectivity index (χ0) is 19.0. The van der Waals surface area contributed by atoms with Crippen LogP contribution in [0.2, 0.25) is 10.0 Å². The number of carbonyl (C=O) groups excluding carboxylic acids is 1. The number of hydrogen-bond acceptors (Lipinski definition) is 3. The van der Waals surface area contributed by atoms with Crippen molar-refractivity contribution in [1.82, 2.24) is 9.80 Å². The van der Waals surface area contributed by atoms with Crippen LogP contribution in [0.15, 0.2) is 46.9 Å². The van der Waals surface area contributed by atoms with E-state index < -0.39 is 0 Å². The highest BCUT2D eigenvalue weighted by Crippen LogP contribution is 2.37. The molecule has 0 saturated carbocycles. The molecule has 2 aromatic carbocycles. The van der Waals surface area contributed by atoms with Crippen molar-refractivity contribution in [3.63, 3.8) is 0 Å². The minimum atomic E-state index is 0.0134. The van der Waals surface area contributed by atoms with Gasteiger partial charge in [0.25, 0.3) is 5.91 Å². The molecule has 7 heteroatoms. The van der Waals surface area contributed by atoms with Crippen molar-refractivity contribution in [3.05, 3.63) is 67.4 Å². The molecule has 0 atom stereocenters. The molecular weight excluding hydrogens is 467 g/mol. The lowest BCUT2D eigenvalue weighted by atomic mass is 10.2. The van der Waals surface area contributed by atoms with Gasteiger partial charge in [-0.1, -0.05) is 57.3 Å². The Kier molecular flexibility index (Phi) is 5.76. The minimum Gasteiger partial charge on any atom is -0.335 e. The molecule has 4 rings (SSSR count). The van der Waals surface area contributed by atoms with Crippen molar-refractivity contribution in [3.8, 4) is 0 Å². The predicted molar refractivity (Wildman–Crippen MR) is 117 cm³/mol. The molecule has 0 bridgehead atoms. The van der Waals surface area contributed by atoms with E-state index in [1.807, 2.05) is 23.1 Å². The van der Waals surface area contributed by atoms with Crippen LogP contribution in [0.4, 0.5) is 0 Å². The number of amides is 1. The zero-order valence-electron chi connectivity index (χ0n) is 14.4. The quantitative estimate of drug-likeness (QED) is 0.461. The molecule has 1 amide bonds. The first kappa shape index (κ1) is 19.2. The molecule has 140 valence electrons. The van der Waals surface area contributed by atoms with E-state index in [1.165, 1.54) is 16.9 Å². The Hall–Kier alpha value is -1.11. The second kappa shape index (κ2) is 8.10. The third-order valence-corrected chi connectivity index (χ3v) is 7.11. The first-order valence-corrected chi connectivity index (χ1v) is 11.0. The number of carbonyl (C=O) groups is 1. The van der Waals surface area contributed by atoms with Gasteiger partial charge in [-0.05, 0) is 29.8 Å². The first-order valence-electron chi connectivity index (χ1n) is 8.65. The molecule has 1 fully saturated rings. The van der Waals surface area contributed by atoms with Crippen LogP contribution in [0.5, 0.6) is 0 Å². The van der Waals surface area contributed by atoms with Gasteiger partial charge in [-0.25, -0.2) is 0 Å². The minimum absolute atomic E-state index is 0.0134. The molecule has 27 heavy (non-hydrogen) atoms. The lowest BCUT2D eigenvalue weighted by Gasteiger charge is -2.34. The number of thiophene rings is 1. The van der Waals surface area contributed by atoms with E-state index in [0.717, 1.165) is 34.2 Å². The SMILES string of the molecule is O=C(c1sc2cc(Cl)ccc2c1Cl)N1CCN(Cc2cccc(Br)c2)CC1. The van der Waals surface area contributed by atoms with Crippen LogP contribution in [0.25, 0.3) is 10.1 Å². The summed E-state index contributed by atoms with van der Waals surface area (Å²) in [5, 5.41) is 2.08. The van der Waals surface area contributed by atoms with Crippen molar-refractivity contribution in [1.29, 1.82) is 0 Å². The third-order valence-electron chi connectivity index (χ3n) is 4.74. The van der Waals surface area contributed by atoms with E-state index in [4.69, 9.17) is 23.2 Å². The van der Waals surface area contributed by atoms with Crippen molar-refractivity contribution in [2.45, 2.75) is 6.54 Å². The molecule has 0 N–H and O–H groups in total. The van der Waals surface area contributed by atoms with Crippen molar-refractivity contribution < 1.29 is 4.79 Å². The van der Waals surface area contributed by atoms with Crippen LogP contribution in [-0.4, -0.2) is 41.9 Å². The van der Waals surface area contributed by atoms with E-state index in [2.05, 4.69) is 39.0 Å². The Labute approximate surface area is 180 Å². The number of benzene rings is 2. The molecule has 2 heterocycles. The Balaban J connectivity index is 1.43. The molecule has 1 aliphatic heterocycles. The van der Waals surface area contributed by atoms with Crippen LogP contribution < -0.4 is 0 Å². The van der Waals surface area contributed by atoms with Crippen LogP contribution in [0, 0.1) is 0 Å². The fraction of sp³-hybridized carbons (Fsp3) is 0.250. The molecule has 1 aromatic heterocycles. The Morgan fingerprint density at radius 1 is 1.07 bits per heavy atom. The van der Waals surface area contributed by atoms with Crippen LogP contribution in [0.3, 0.4) is 0 Å². The molecule has 3 aromatic rings. The maximum Gasteiger partial charge on any atom is 0.265 e. The number of halogens is 3. The van der Waals surface area contributed by atoms with E-state index in [-0.39, 0.29) is 5.91 Å². The Morgan fingerprint density at radius 2 is 1.85 bits per heavy atom. The van der Waals surface area contributed by atoms with E-state index >= 15 is 0 Å². The van der Waals surface area contributed by atoms with Gasteiger partial charge in [0.1, 0.15) is 4.88 Å². The fourth-order valence-electron chi connectivity index (χ4n) is 3.32. The third kappa shape index (κ3) is 4.17. The van der Waals surface area contributed by atoms with E-state index in [0.29, 0.717) is 28.0 Å². The van der Waals surface area contributed by atoms with Gasteiger partial charge in [0, 0.05) is 52.3 Å². The highest BCUT2D eigenvalue weighted by Gasteiger charge is 2.26. The number of fused-ring (bicyclic) bond motifs is 1. The fourth-order valence-corrected chi connectivity index (χ4v) is 5.53. The summed E-state index contributed by atoms with van der Waals surface area (Å²) in [6, 6.07) is 13.9. The van der Waals surface area contributed by atoms with Gasteiger partial charge in [-0.2, -0.15) is 0 Å². The van der Waals surface area contributed by atoms with Gasteiger partial charge in [0.15, 0.2) is 0 Å². The van der Waals surface area contributed by atoms with Gasteiger partial charge in [0.05, 0.1) is 5.02 Å². The average Bonchev–Trinajstić information content (AvgIpc) is 2.97. The van der Waals surface area contributed by atoms with Gasteiger partial charge in [0.2, 0.25) is 0 Å². The Morgan fingerprint density at radius 3 is 2.59 bits per heavy atom. The van der Waals surface area contributed by atoms with Gasteiger partial charge in [-0.15, -0.1) is 11.3 Å². The standard InChI is InChI=1S/C20H17BrCl2N2OS/c21-14-3-1-2-13(10-14)12-24-6-8-25(9-7-24)20(26)19-18(23)16-5-4-15(22)11-17(16)27-19/h1-5,10-11H,6-9,12H2. The summed E-state index contributed by atoms with van der Waals surface area (Å²) in [6.07, 6.45) is 0. The van der Waals surface area contributed by atoms with Crippen LogP contribution in [-0.2, 0) is 6.54 Å². The van der Waals surface area contributed by atoms with Gasteiger partial charge >= 0.3 is 0 Å². The number of rotatable bonds is 3. The monoisotopic (exact) mass is 482 g/mol. The molecule has 1 saturated heterocycles. The molecule has 0 aliphatic carbocycles. The Bertz CT molecular complexity index is 999. The first-order chi connectivity index (χ1) is 13.0. The zero-order valence-corrected chi connectivity index (χ0v) is 18.3. The molecule has 1 aliphatic rings. The highest BCUT2D eigenvalue weighted by molar-refractivity contribution is 9.10. The normalized spacial score (nSPS) is 15.4. The van der Waals surface area contributed by atoms with Crippen molar-refractivity contribution in [2.75, 3.05) is 26.2 Å². The maximum atomic E-state index is 13.0. The largest absolute Gasteiger partial charge is 0.335 e. The summed E-state index contributed by atoms with van der Waals surface area (Å²) in [4.78, 5) is 17.9. The average molecular weight is 484 g/mol. The van der Waals surface area contributed by atoms with E-state index in [1.54, 1.807) is 6.07 Å². The van der Waals surface area contributed by atoms with Crippen LogP contribution in [0.1, 0.15) is 15.2 Å². The second-order valence-electron chi connectivity index (χ2n) is 6.58. The molecule has 0 radical (unpaired) electrons. The van der Waals surface area contributed by atoms with Crippen LogP contribution >= 0.6 is 50.5 Å². The van der Waals surface area contributed by atoms with Gasteiger partial charge in [-0.3, -0.25) is 9.69 Å². The van der Waals surface area contributed by atoms with Gasteiger partial charge < -0.3 is 4.90 Å².